The first-order chi connectivity index (χ1) is 12.3. The molecule has 0 spiro atoms. The summed E-state index contributed by atoms with van der Waals surface area (Å²) in [6.45, 7) is 3.64. The van der Waals surface area contributed by atoms with E-state index in [2.05, 4.69) is 16.2 Å². The van der Waals surface area contributed by atoms with E-state index in [9.17, 15) is 19.7 Å². The molecule has 2 aromatic carbocycles. The van der Waals surface area contributed by atoms with Crippen LogP contribution in [0.15, 0.2) is 42.5 Å². The van der Waals surface area contributed by atoms with Gasteiger partial charge in [0.2, 0.25) is 0 Å². The fourth-order valence-corrected chi connectivity index (χ4v) is 1.94. The zero-order valence-corrected chi connectivity index (χ0v) is 14.2. The highest BCUT2D eigenvalue weighted by Gasteiger charge is 2.08. The molecule has 3 amide bonds. The number of hydrogen-bond donors (Lipinski definition) is 3. The molecule has 0 heterocycles. The van der Waals surface area contributed by atoms with Crippen molar-refractivity contribution in [2.75, 3.05) is 11.9 Å². The number of nitro benzene ring substituents is 1. The lowest BCUT2D eigenvalue weighted by atomic mass is 10.1. The molecule has 9 heteroatoms. The number of urea groups is 1. The van der Waals surface area contributed by atoms with Gasteiger partial charge in [-0.25, -0.2) is 10.2 Å². The maximum absolute atomic E-state index is 11.7. The second-order valence-electron chi connectivity index (χ2n) is 5.47. The van der Waals surface area contributed by atoms with Gasteiger partial charge in [-0.05, 0) is 49.2 Å². The molecular weight excluding hydrogens is 340 g/mol. The number of hydrogen-bond acceptors (Lipinski definition) is 5. The van der Waals surface area contributed by atoms with Crippen LogP contribution in [0.5, 0.6) is 5.75 Å². The molecule has 0 saturated heterocycles. The van der Waals surface area contributed by atoms with Crippen LogP contribution < -0.4 is 20.9 Å². The van der Waals surface area contributed by atoms with Gasteiger partial charge in [-0.3, -0.25) is 20.3 Å². The zero-order valence-electron chi connectivity index (χ0n) is 14.2. The molecule has 0 bridgehead atoms. The summed E-state index contributed by atoms with van der Waals surface area (Å²) in [5, 5.41) is 13.0. The van der Waals surface area contributed by atoms with Gasteiger partial charge in [0.1, 0.15) is 5.75 Å². The molecule has 0 radical (unpaired) electrons. The van der Waals surface area contributed by atoms with Gasteiger partial charge in [-0.1, -0.05) is 6.07 Å². The van der Waals surface area contributed by atoms with E-state index in [1.54, 1.807) is 6.07 Å². The number of carbonyl (C=O) groups is 2. The Morgan fingerprint density at radius 3 is 2.35 bits per heavy atom. The number of non-ortho nitro benzene ring substituents is 1. The quantitative estimate of drug-likeness (QED) is 0.560. The Balaban J connectivity index is 1.74. The summed E-state index contributed by atoms with van der Waals surface area (Å²) >= 11 is 0. The predicted octanol–water partition coefficient (Wildman–Crippen LogP) is 2.44. The van der Waals surface area contributed by atoms with Gasteiger partial charge >= 0.3 is 6.03 Å². The van der Waals surface area contributed by atoms with Crippen molar-refractivity contribution >= 4 is 23.3 Å². The lowest BCUT2D eigenvalue weighted by molar-refractivity contribution is -0.384. The normalized spacial score (nSPS) is 9.92. The van der Waals surface area contributed by atoms with Crippen LogP contribution in [0.25, 0.3) is 0 Å². The molecular formula is C17H18N4O5. The number of anilines is 1. The summed E-state index contributed by atoms with van der Waals surface area (Å²) < 4.78 is 5.34. The van der Waals surface area contributed by atoms with Gasteiger partial charge < -0.3 is 10.1 Å². The Labute approximate surface area is 149 Å². The third-order valence-corrected chi connectivity index (χ3v) is 3.50. The van der Waals surface area contributed by atoms with Crippen LogP contribution in [0.2, 0.25) is 0 Å². The largest absolute Gasteiger partial charge is 0.484 e. The Kier molecular flexibility index (Phi) is 6.10. The number of amides is 3. The fraction of sp³-hybridized carbons (Fsp3) is 0.176. The van der Waals surface area contributed by atoms with E-state index < -0.39 is 16.9 Å². The molecule has 0 atom stereocenters. The van der Waals surface area contributed by atoms with E-state index in [1.807, 2.05) is 26.0 Å². The molecule has 0 fully saturated rings. The van der Waals surface area contributed by atoms with Crippen molar-refractivity contribution in [1.29, 1.82) is 0 Å². The third-order valence-electron chi connectivity index (χ3n) is 3.50. The molecule has 9 nitrogen and oxygen atoms in total. The molecule has 0 aromatic heterocycles. The third kappa shape index (κ3) is 5.48. The van der Waals surface area contributed by atoms with Crippen molar-refractivity contribution in [2.45, 2.75) is 13.8 Å². The summed E-state index contributed by atoms with van der Waals surface area (Å²) in [6, 6.07) is 10.0. The SMILES string of the molecule is Cc1ccc(OCC(=O)NNC(=O)Nc2ccc([N+](=O)[O-])cc2)cc1C. The van der Waals surface area contributed by atoms with E-state index in [1.165, 1.54) is 24.3 Å². The molecule has 0 aliphatic carbocycles. The number of nitro groups is 1. The number of hydrazine groups is 1. The van der Waals surface area contributed by atoms with Gasteiger partial charge in [-0.15, -0.1) is 0 Å². The highest BCUT2D eigenvalue weighted by atomic mass is 16.6. The lowest BCUT2D eigenvalue weighted by Crippen LogP contribution is -2.45. The molecule has 2 rings (SSSR count). The number of carbonyl (C=O) groups excluding carboxylic acids is 2. The van der Waals surface area contributed by atoms with E-state index >= 15 is 0 Å². The first-order valence-corrected chi connectivity index (χ1v) is 7.65. The maximum Gasteiger partial charge on any atom is 0.337 e. The highest BCUT2D eigenvalue weighted by molar-refractivity contribution is 5.91. The summed E-state index contributed by atoms with van der Waals surface area (Å²) in [7, 11) is 0. The number of benzene rings is 2. The number of nitrogens with zero attached hydrogens (tertiary/aromatic N) is 1. The van der Waals surface area contributed by atoms with Gasteiger partial charge in [0.15, 0.2) is 6.61 Å². The first kappa shape index (κ1) is 18.7. The molecule has 0 aliphatic rings. The van der Waals surface area contributed by atoms with E-state index in [-0.39, 0.29) is 12.3 Å². The smallest absolute Gasteiger partial charge is 0.337 e. The van der Waals surface area contributed by atoms with Crippen molar-refractivity contribution < 1.29 is 19.2 Å². The molecule has 0 aliphatic heterocycles. The monoisotopic (exact) mass is 358 g/mol. The van der Waals surface area contributed by atoms with E-state index in [4.69, 9.17) is 4.74 Å². The standard InChI is InChI=1S/C17H18N4O5/c1-11-3-8-15(9-12(11)2)26-10-16(22)19-20-17(23)18-13-4-6-14(7-5-13)21(24)25/h3-9H,10H2,1-2H3,(H,19,22)(H2,18,20,23). The summed E-state index contributed by atoms with van der Waals surface area (Å²) in [5.74, 6) is 0.0145. The van der Waals surface area contributed by atoms with Crippen LogP contribution in [0, 0.1) is 24.0 Å². The summed E-state index contributed by atoms with van der Waals surface area (Å²) in [6.07, 6.45) is 0. The minimum absolute atomic E-state index is 0.0900. The Bertz CT molecular complexity index is 820. The minimum atomic E-state index is -0.696. The number of nitrogens with one attached hydrogen (secondary N) is 3. The predicted molar refractivity (Wildman–Crippen MR) is 94.8 cm³/mol. The second-order valence-corrected chi connectivity index (χ2v) is 5.47. The van der Waals surface area contributed by atoms with Gasteiger partial charge in [0.25, 0.3) is 11.6 Å². The van der Waals surface area contributed by atoms with Crippen LogP contribution in [0.1, 0.15) is 11.1 Å². The van der Waals surface area contributed by atoms with E-state index in [0.29, 0.717) is 11.4 Å². The molecule has 0 saturated carbocycles. The molecule has 0 unspecified atom stereocenters. The Morgan fingerprint density at radius 1 is 1.04 bits per heavy atom. The van der Waals surface area contributed by atoms with Crippen LogP contribution in [0.3, 0.4) is 0 Å². The molecule has 136 valence electrons. The van der Waals surface area contributed by atoms with Crippen LogP contribution >= 0.6 is 0 Å². The van der Waals surface area contributed by atoms with Crippen LogP contribution in [-0.4, -0.2) is 23.5 Å². The molecule has 2 aromatic rings. The average molecular weight is 358 g/mol. The Hall–Kier alpha value is -3.62. The van der Waals surface area contributed by atoms with Gasteiger partial charge in [-0.2, -0.15) is 0 Å². The van der Waals surface area contributed by atoms with Crippen molar-refractivity contribution in [3.63, 3.8) is 0 Å². The second kappa shape index (κ2) is 8.47. The average Bonchev–Trinajstić information content (AvgIpc) is 2.61. The van der Waals surface area contributed by atoms with Crippen molar-refractivity contribution in [1.82, 2.24) is 10.9 Å². The lowest BCUT2D eigenvalue weighted by Gasteiger charge is -2.10. The fourth-order valence-electron chi connectivity index (χ4n) is 1.94. The van der Waals surface area contributed by atoms with Crippen LogP contribution in [-0.2, 0) is 4.79 Å². The highest BCUT2D eigenvalue weighted by Crippen LogP contribution is 2.16. The maximum atomic E-state index is 11.7. The van der Waals surface area contributed by atoms with Gasteiger partial charge in [0.05, 0.1) is 4.92 Å². The topological polar surface area (TPSA) is 123 Å². The number of ether oxygens (including phenoxy) is 1. The summed E-state index contributed by atoms with van der Waals surface area (Å²) in [4.78, 5) is 33.4. The Morgan fingerprint density at radius 2 is 1.73 bits per heavy atom. The summed E-state index contributed by atoms with van der Waals surface area (Å²) in [5.41, 5.74) is 6.77. The van der Waals surface area contributed by atoms with Crippen molar-refractivity contribution in [2.24, 2.45) is 0 Å². The van der Waals surface area contributed by atoms with Crippen LogP contribution in [0.4, 0.5) is 16.2 Å². The zero-order chi connectivity index (χ0) is 19.1. The molecule has 3 N–H and O–H groups in total. The van der Waals surface area contributed by atoms with Crippen molar-refractivity contribution in [3.05, 3.63) is 63.7 Å². The minimum Gasteiger partial charge on any atom is -0.484 e. The van der Waals surface area contributed by atoms with Crippen molar-refractivity contribution in [3.8, 4) is 5.75 Å². The molecule has 26 heavy (non-hydrogen) atoms. The first-order valence-electron chi connectivity index (χ1n) is 7.65. The number of rotatable bonds is 5. The van der Waals surface area contributed by atoms with E-state index in [0.717, 1.165) is 11.1 Å². The number of aryl methyl sites for hydroxylation is 2. The van der Waals surface area contributed by atoms with Gasteiger partial charge in [0, 0.05) is 17.8 Å².